The van der Waals surface area contributed by atoms with Crippen LogP contribution in [0.1, 0.15) is 31.2 Å². The summed E-state index contributed by atoms with van der Waals surface area (Å²) in [4.78, 5) is 14.8. The van der Waals surface area contributed by atoms with Crippen LogP contribution in [0.5, 0.6) is 5.75 Å². The number of hydrogen-bond acceptors (Lipinski definition) is 3. The number of pyridine rings is 1. The molecule has 26 heavy (non-hydrogen) atoms. The van der Waals surface area contributed by atoms with Gasteiger partial charge in [-0.1, -0.05) is 24.6 Å². The van der Waals surface area contributed by atoms with Gasteiger partial charge in [0.15, 0.2) is 0 Å². The van der Waals surface area contributed by atoms with Crippen LogP contribution in [0.2, 0.25) is 0 Å². The minimum absolute atomic E-state index is 0.0897. The molecule has 3 N–H and O–H groups in total. The van der Waals surface area contributed by atoms with Crippen LogP contribution < -0.4 is 10.9 Å². The van der Waals surface area contributed by atoms with Crippen LogP contribution in [-0.2, 0) is 6.42 Å². The second-order valence-corrected chi connectivity index (χ2v) is 7.18. The van der Waals surface area contributed by atoms with Crippen molar-refractivity contribution in [2.24, 2.45) is 0 Å². The molecule has 134 valence electrons. The summed E-state index contributed by atoms with van der Waals surface area (Å²) in [6.07, 6.45) is 7.49. The number of aryl methyl sites for hydroxylation is 1. The predicted octanol–water partition coefficient (Wildman–Crippen LogP) is 3.98. The van der Waals surface area contributed by atoms with Crippen LogP contribution in [0.15, 0.2) is 53.5 Å². The average Bonchev–Trinajstić information content (AvgIpc) is 2.67. The summed E-state index contributed by atoms with van der Waals surface area (Å²) in [5.74, 6) is 0.274. The molecule has 0 aliphatic carbocycles. The number of aromatic amines is 1. The molecule has 3 aromatic rings. The van der Waals surface area contributed by atoms with E-state index in [0.29, 0.717) is 11.4 Å². The molecule has 0 saturated carbocycles. The molecule has 0 bridgehead atoms. The Bertz CT molecular complexity index is 971. The first-order valence-corrected chi connectivity index (χ1v) is 9.37. The van der Waals surface area contributed by atoms with Gasteiger partial charge >= 0.3 is 0 Å². The van der Waals surface area contributed by atoms with Crippen molar-refractivity contribution in [3.63, 3.8) is 0 Å². The van der Waals surface area contributed by atoms with Crippen molar-refractivity contribution in [1.82, 2.24) is 10.3 Å². The van der Waals surface area contributed by atoms with Crippen molar-refractivity contribution in [2.75, 3.05) is 6.54 Å². The number of nitrogens with one attached hydrogen (secondary N) is 2. The van der Waals surface area contributed by atoms with E-state index in [1.807, 2.05) is 30.3 Å². The standard InChI is InChI=1S/C22H24N2O2/c25-20-12-15(4-7-19-3-1-2-9-23-19)11-18(13-20)17-6-5-16-8-10-24-22(26)21(16)14-17/h5-6,8,10-14,19,23,25H,1-4,7,9H2,(H,24,26)/t19-/m0/s1. The first-order chi connectivity index (χ1) is 12.7. The quantitative estimate of drug-likeness (QED) is 0.668. The summed E-state index contributed by atoms with van der Waals surface area (Å²) in [5, 5.41) is 15.3. The molecule has 4 heteroatoms. The number of aromatic hydroxyl groups is 1. The lowest BCUT2D eigenvalue weighted by molar-refractivity contribution is 0.382. The van der Waals surface area contributed by atoms with Gasteiger partial charge in [-0.3, -0.25) is 4.79 Å². The average molecular weight is 348 g/mol. The Balaban J connectivity index is 1.61. The van der Waals surface area contributed by atoms with Crippen molar-refractivity contribution in [3.05, 3.63) is 64.6 Å². The first kappa shape index (κ1) is 16.9. The fourth-order valence-corrected chi connectivity index (χ4v) is 3.86. The maximum absolute atomic E-state index is 12.1. The van der Waals surface area contributed by atoms with E-state index in [1.165, 1.54) is 19.3 Å². The van der Waals surface area contributed by atoms with Gasteiger partial charge in [0.2, 0.25) is 0 Å². The molecular weight excluding hydrogens is 324 g/mol. The van der Waals surface area contributed by atoms with Gasteiger partial charge in [-0.2, -0.15) is 0 Å². The third kappa shape index (κ3) is 3.65. The number of H-pyrrole nitrogens is 1. The number of rotatable bonds is 4. The minimum atomic E-state index is -0.0897. The van der Waals surface area contributed by atoms with Gasteiger partial charge < -0.3 is 15.4 Å². The monoisotopic (exact) mass is 348 g/mol. The molecule has 0 unspecified atom stereocenters. The van der Waals surface area contributed by atoms with E-state index in [1.54, 1.807) is 12.3 Å². The number of fused-ring (bicyclic) bond motifs is 1. The summed E-state index contributed by atoms with van der Waals surface area (Å²) >= 11 is 0. The molecule has 0 amide bonds. The highest BCUT2D eigenvalue weighted by Crippen LogP contribution is 2.28. The summed E-state index contributed by atoms with van der Waals surface area (Å²) in [7, 11) is 0. The third-order valence-corrected chi connectivity index (χ3v) is 5.28. The fraction of sp³-hybridized carbons (Fsp3) is 0.318. The van der Waals surface area contributed by atoms with E-state index in [0.717, 1.165) is 41.5 Å². The van der Waals surface area contributed by atoms with E-state index in [9.17, 15) is 9.90 Å². The van der Waals surface area contributed by atoms with Gasteiger partial charge in [0.25, 0.3) is 5.56 Å². The molecule has 4 rings (SSSR count). The molecule has 1 aromatic heterocycles. The van der Waals surface area contributed by atoms with Gasteiger partial charge in [0.1, 0.15) is 5.75 Å². The summed E-state index contributed by atoms with van der Waals surface area (Å²) in [5.41, 5.74) is 2.94. The van der Waals surface area contributed by atoms with Crippen molar-refractivity contribution < 1.29 is 5.11 Å². The highest BCUT2D eigenvalue weighted by molar-refractivity contribution is 5.86. The molecule has 1 aliphatic rings. The van der Waals surface area contributed by atoms with Crippen molar-refractivity contribution in [2.45, 2.75) is 38.1 Å². The van der Waals surface area contributed by atoms with Gasteiger partial charge in [-0.25, -0.2) is 0 Å². The highest BCUT2D eigenvalue weighted by atomic mass is 16.3. The Morgan fingerprint density at radius 2 is 1.96 bits per heavy atom. The first-order valence-electron chi connectivity index (χ1n) is 9.37. The molecule has 1 saturated heterocycles. The maximum atomic E-state index is 12.1. The second kappa shape index (κ2) is 7.34. The zero-order chi connectivity index (χ0) is 17.9. The Morgan fingerprint density at radius 3 is 2.81 bits per heavy atom. The maximum Gasteiger partial charge on any atom is 0.255 e. The Labute approximate surface area is 152 Å². The van der Waals surface area contributed by atoms with E-state index in [-0.39, 0.29) is 11.3 Å². The van der Waals surface area contributed by atoms with Crippen LogP contribution in [0.3, 0.4) is 0 Å². The number of piperidine rings is 1. The fourth-order valence-electron chi connectivity index (χ4n) is 3.86. The zero-order valence-corrected chi connectivity index (χ0v) is 14.8. The summed E-state index contributed by atoms with van der Waals surface area (Å²) in [6, 6.07) is 14.1. The van der Waals surface area contributed by atoms with E-state index < -0.39 is 0 Å². The Morgan fingerprint density at radius 1 is 1.04 bits per heavy atom. The van der Waals surface area contributed by atoms with Gasteiger partial charge in [-0.05, 0) is 78.6 Å². The largest absolute Gasteiger partial charge is 0.508 e. The van der Waals surface area contributed by atoms with Crippen molar-refractivity contribution in [3.8, 4) is 16.9 Å². The van der Waals surface area contributed by atoms with Gasteiger partial charge in [0.05, 0.1) is 0 Å². The number of aromatic nitrogens is 1. The van der Waals surface area contributed by atoms with Gasteiger partial charge in [0, 0.05) is 17.6 Å². The Kier molecular flexibility index (Phi) is 4.76. The third-order valence-electron chi connectivity index (χ3n) is 5.28. The lowest BCUT2D eigenvalue weighted by atomic mass is 9.95. The van der Waals surface area contributed by atoms with Crippen LogP contribution in [0.25, 0.3) is 21.9 Å². The van der Waals surface area contributed by atoms with Crippen LogP contribution in [0.4, 0.5) is 0 Å². The highest BCUT2D eigenvalue weighted by Gasteiger charge is 2.13. The molecule has 2 aromatic carbocycles. The van der Waals surface area contributed by atoms with E-state index in [4.69, 9.17) is 0 Å². The van der Waals surface area contributed by atoms with E-state index >= 15 is 0 Å². The zero-order valence-electron chi connectivity index (χ0n) is 14.8. The SMILES string of the molecule is O=c1[nH]ccc2ccc(-c3cc(O)cc(CC[C@@H]4CCCCN4)c3)cc12. The Hall–Kier alpha value is -2.59. The van der Waals surface area contributed by atoms with Crippen LogP contribution in [0, 0.1) is 0 Å². The normalized spacial score (nSPS) is 17.5. The van der Waals surface area contributed by atoms with Gasteiger partial charge in [-0.15, -0.1) is 0 Å². The smallest absolute Gasteiger partial charge is 0.255 e. The molecule has 4 nitrogen and oxygen atoms in total. The summed E-state index contributed by atoms with van der Waals surface area (Å²) < 4.78 is 0. The molecule has 1 fully saturated rings. The van der Waals surface area contributed by atoms with Crippen molar-refractivity contribution >= 4 is 10.8 Å². The topological polar surface area (TPSA) is 65.1 Å². The molecule has 1 aliphatic heterocycles. The molecule has 2 heterocycles. The number of benzene rings is 2. The minimum Gasteiger partial charge on any atom is -0.508 e. The van der Waals surface area contributed by atoms with Crippen LogP contribution >= 0.6 is 0 Å². The molecule has 1 atom stereocenters. The van der Waals surface area contributed by atoms with Crippen molar-refractivity contribution in [1.29, 1.82) is 0 Å². The number of phenolic OH excluding ortho intramolecular Hbond substituents is 1. The van der Waals surface area contributed by atoms with Crippen LogP contribution in [-0.4, -0.2) is 22.7 Å². The predicted molar refractivity (Wildman–Crippen MR) is 106 cm³/mol. The second-order valence-electron chi connectivity index (χ2n) is 7.18. The lowest BCUT2D eigenvalue weighted by Crippen LogP contribution is -2.34. The number of hydrogen-bond donors (Lipinski definition) is 3. The molecule has 0 radical (unpaired) electrons. The number of phenols is 1. The van der Waals surface area contributed by atoms with E-state index in [2.05, 4.69) is 16.4 Å². The summed E-state index contributed by atoms with van der Waals surface area (Å²) in [6.45, 7) is 1.11. The molecular formula is C22H24N2O2. The molecule has 0 spiro atoms. The lowest BCUT2D eigenvalue weighted by Gasteiger charge is -2.23.